The van der Waals surface area contributed by atoms with Crippen molar-refractivity contribution in [2.75, 3.05) is 0 Å². The molecule has 146 valence electrons. The maximum absolute atomic E-state index is 13.0. The molecule has 0 saturated heterocycles. The number of H-pyrrole nitrogens is 1. The molecular weight excluding hydrogens is 369 g/mol. The lowest BCUT2D eigenvalue weighted by Gasteiger charge is -2.12. The zero-order valence-electron chi connectivity index (χ0n) is 15.9. The molecule has 4 rings (SSSR count). The van der Waals surface area contributed by atoms with Gasteiger partial charge in [0, 0.05) is 5.56 Å². The number of benzene rings is 3. The van der Waals surface area contributed by atoms with Crippen LogP contribution in [0.2, 0.25) is 0 Å². The fourth-order valence-electron chi connectivity index (χ4n) is 3.00. The van der Waals surface area contributed by atoms with Gasteiger partial charge in [0.2, 0.25) is 0 Å². The number of aromatic nitrogens is 2. The minimum atomic E-state index is -0.286. The van der Waals surface area contributed by atoms with Crippen molar-refractivity contribution in [1.82, 2.24) is 15.3 Å². The summed E-state index contributed by atoms with van der Waals surface area (Å²) in [5.74, 6) is 0.762. The van der Waals surface area contributed by atoms with E-state index >= 15 is 0 Å². The average molecular weight is 389 g/mol. The molecule has 0 aliphatic carbocycles. The molecule has 0 saturated carbocycles. The second-order valence-electron chi connectivity index (χ2n) is 6.78. The number of para-hydroxylation sites is 2. The molecule has 1 unspecified atom stereocenters. The summed E-state index contributed by atoms with van der Waals surface area (Å²) in [5, 5.41) is 2.95. The number of halogens is 1. The van der Waals surface area contributed by atoms with Gasteiger partial charge in [-0.15, -0.1) is 0 Å². The molecule has 4 aromatic rings. The van der Waals surface area contributed by atoms with E-state index in [0.29, 0.717) is 23.7 Å². The maximum Gasteiger partial charge on any atom is 0.251 e. The van der Waals surface area contributed by atoms with Crippen LogP contribution >= 0.6 is 0 Å². The van der Waals surface area contributed by atoms with Crippen LogP contribution in [0, 0.1) is 5.82 Å². The molecule has 1 aromatic heterocycles. The lowest BCUT2D eigenvalue weighted by atomic mass is 10.2. The van der Waals surface area contributed by atoms with E-state index in [1.807, 2.05) is 31.2 Å². The number of carbonyl (C=O) groups is 1. The van der Waals surface area contributed by atoms with Crippen LogP contribution in [0.3, 0.4) is 0 Å². The van der Waals surface area contributed by atoms with Crippen molar-refractivity contribution in [2.45, 2.75) is 19.6 Å². The SMILES string of the molecule is CC(NC(=O)c1cccc(OCc2ccc(F)cc2)c1)c1nc2ccccc2[nH]1. The zero-order chi connectivity index (χ0) is 20.2. The van der Waals surface area contributed by atoms with Gasteiger partial charge in [-0.05, 0) is 55.0 Å². The van der Waals surface area contributed by atoms with Crippen molar-refractivity contribution in [1.29, 1.82) is 0 Å². The summed E-state index contributed by atoms with van der Waals surface area (Å²) >= 11 is 0. The first kappa shape index (κ1) is 18.7. The number of aromatic amines is 1. The number of ether oxygens (including phenoxy) is 1. The summed E-state index contributed by atoms with van der Waals surface area (Å²) in [6.45, 7) is 2.17. The van der Waals surface area contributed by atoms with E-state index in [-0.39, 0.29) is 17.8 Å². The summed E-state index contributed by atoms with van der Waals surface area (Å²) in [6, 6.07) is 20.5. The number of rotatable bonds is 6. The minimum Gasteiger partial charge on any atom is -0.489 e. The van der Waals surface area contributed by atoms with Gasteiger partial charge in [0.05, 0.1) is 17.1 Å². The maximum atomic E-state index is 13.0. The normalized spacial score (nSPS) is 11.9. The van der Waals surface area contributed by atoms with Gasteiger partial charge in [0.25, 0.3) is 5.91 Å². The summed E-state index contributed by atoms with van der Waals surface area (Å²) in [4.78, 5) is 20.4. The Labute approximate surface area is 167 Å². The third-order valence-electron chi connectivity index (χ3n) is 4.58. The van der Waals surface area contributed by atoms with Crippen LogP contribution < -0.4 is 10.1 Å². The number of carbonyl (C=O) groups excluding carboxylic acids is 1. The van der Waals surface area contributed by atoms with Crippen LogP contribution in [0.15, 0.2) is 72.8 Å². The number of fused-ring (bicyclic) bond motifs is 1. The number of hydrogen-bond donors (Lipinski definition) is 2. The average Bonchev–Trinajstić information content (AvgIpc) is 3.18. The first-order valence-corrected chi connectivity index (χ1v) is 9.31. The van der Waals surface area contributed by atoms with Gasteiger partial charge >= 0.3 is 0 Å². The number of nitrogens with zero attached hydrogens (tertiary/aromatic N) is 1. The van der Waals surface area contributed by atoms with E-state index in [9.17, 15) is 9.18 Å². The molecule has 2 N–H and O–H groups in total. The lowest BCUT2D eigenvalue weighted by Crippen LogP contribution is -2.27. The number of imidazole rings is 1. The highest BCUT2D eigenvalue weighted by Crippen LogP contribution is 2.18. The molecular formula is C23H20FN3O2. The monoisotopic (exact) mass is 389 g/mol. The van der Waals surface area contributed by atoms with Crippen LogP contribution in [0.25, 0.3) is 11.0 Å². The Bertz CT molecular complexity index is 1110. The largest absolute Gasteiger partial charge is 0.489 e. The van der Waals surface area contributed by atoms with Crippen molar-refractivity contribution in [2.24, 2.45) is 0 Å². The van der Waals surface area contributed by atoms with Gasteiger partial charge in [0.15, 0.2) is 0 Å². The fourth-order valence-corrected chi connectivity index (χ4v) is 3.00. The molecule has 5 nitrogen and oxygen atoms in total. The molecule has 6 heteroatoms. The predicted octanol–water partition coefficient (Wildman–Crippen LogP) is 4.77. The summed E-state index contributed by atoms with van der Waals surface area (Å²) < 4.78 is 18.7. The van der Waals surface area contributed by atoms with Crippen LogP contribution in [0.4, 0.5) is 4.39 Å². The highest BCUT2D eigenvalue weighted by molar-refractivity contribution is 5.94. The summed E-state index contributed by atoms with van der Waals surface area (Å²) in [6.07, 6.45) is 0. The Kier molecular flexibility index (Phi) is 5.24. The number of hydrogen-bond acceptors (Lipinski definition) is 3. The Hall–Kier alpha value is -3.67. The van der Waals surface area contributed by atoms with E-state index < -0.39 is 0 Å². The van der Waals surface area contributed by atoms with Crippen molar-refractivity contribution in [3.8, 4) is 5.75 Å². The second kappa shape index (κ2) is 8.14. The highest BCUT2D eigenvalue weighted by Gasteiger charge is 2.15. The van der Waals surface area contributed by atoms with E-state index in [1.54, 1.807) is 36.4 Å². The molecule has 29 heavy (non-hydrogen) atoms. The number of nitrogens with one attached hydrogen (secondary N) is 2. The third kappa shape index (κ3) is 4.43. The zero-order valence-corrected chi connectivity index (χ0v) is 15.9. The minimum absolute atomic E-state index is 0.217. The standard InChI is InChI=1S/C23H20FN3O2/c1-15(22-26-20-7-2-3-8-21(20)27-22)25-23(28)17-5-4-6-19(13-17)29-14-16-9-11-18(24)12-10-16/h2-13,15H,14H2,1H3,(H,25,28)(H,26,27). The van der Waals surface area contributed by atoms with Crippen LogP contribution in [-0.2, 0) is 6.61 Å². The molecule has 0 spiro atoms. The third-order valence-corrected chi connectivity index (χ3v) is 4.58. The lowest BCUT2D eigenvalue weighted by molar-refractivity contribution is 0.0938. The molecule has 0 bridgehead atoms. The summed E-state index contributed by atoms with van der Waals surface area (Å²) in [7, 11) is 0. The van der Waals surface area contributed by atoms with Crippen molar-refractivity contribution >= 4 is 16.9 Å². The van der Waals surface area contributed by atoms with Crippen molar-refractivity contribution in [3.63, 3.8) is 0 Å². The molecule has 0 aliphatic heterocycles. The van der Waals surface area contributed by atoms with E-state index in [4.69, 9.17) is 4.74 Å². The molecule has 1 atom stereocenters. The van der Waals surface area contributed by atoms with Crippen LogP contribution in [-0.4, -0.2) is 15.9 Å². The first-order valence-electron chi connectivity index (χ1n) is 9.31. The van der Waals surface area contributed by atoms with Gasteiger partial charge in [-0.25, -0.2) is 9.37 Å². The van der Waals surface area contributed by atoms with E-state index in [2.05, 4.69) is 15.3 Å². The van der Waals surface area contributed by atoms with Crippen LogP contribution in [0.1, 0.15) is 34.7 Å². The second-order valence-corrected chi connectivity index (χ2v) is 6.78. The first-order chi connectivity index (χ1) is 14.1. The molecule has 0 radical (unpaired) electrons. The molecule has 0 fully saturated rings. The Morgan fingerprint density at radius 1 is 1.10 bits per heavy atom. The topological polar surface area (TPSA) is 67.0 Å². The van der Waals surface area contributed by atoms with Gasteiger partial charge in [-0.2, -0.15) is 0 Å². The fraction of sp³-hybridized carbons (Fsp3) is 0.130. The smallest absolute Gasteiger partial charge is 0.251 e. The number of amides is 1. The molecule has 3 aromatic carbocycles. The summed E-state index contributed by atoms with van der Waals surface area (Å²) in [5.41, 5.74) is 3.13. The van der Waals surface area contributed by atoms with E-state index in [0.717, 1.165) is 16.6 Å². The Balaban J connectivity index is 1.41. The quantitative estimate of drug-likeness (QED) is 0.499. The van der Waals surface area contributed by atoms with E-state index in [1.165, 1.54) is 12.1 Å². The predicted molar refractivity (Wildman–Crippen MR) is 109 cm³/mol. The molecule has 0 aliphatic rings. The van der Waals surface area contributed by atoms with Gasteiger partial charge in [0.1, 0.15) is 24.0 Å². The van der Waals surface area contributed by atoms with Gasteiger partial charge in [-0.1, -0.05) is 30.3 Å². The molecule has 1 amide bonds. The van der Waals surface area contributed by atoms with Gasteiger partial charge < -0.3 is 15.0 Å². The van der Waals surface area contributed by atoms with Crippen LogP contribution in [0.5, 0.6) is 5.75 Å². The Morgan fingerprint density at radius 3 is 2.69 bits per heavy atom. The molecule has 1 heterocycles. The Morgan fingerprint density at radius 2 is 1.90 bits per heavy atom. The highest BCUT2D eigenvalue weighted by atomic mass is 19.1. The van der Waals surface area contributed by atoms with Gasteiger partial charge in [-0.3, -0.25) is 4.79 Å². The van der Waals surface area contributed by atoms with Crippen molar-refractivity contribution < 1.29 is 13.9 Å². The van der Waals surface area contributed by atoms with Crippen molar-refractivity contribution in [3.05, 3.63) is 95.6 Å².